The number of amides is 1. The standard InChI is InChI=1S/C5H9NO3.C5H12/c6-4(7)2-1-3-5(8)9;1-3-5-4-2/h1-3H2,(H2,6,7)(H,8,9);3-5H2,1-2H3. The number of carbonyl (C=O) groups is 2. The highest BCUT2D eigenvalue weighted by molar-refractivity contribution is 5.74. The number of carboxylic acid groups (broad SMARTS) is 1. The van der Waals surface area contributed by atoms with Crippen LogP contribution in [-0.2, 0) is 9.59 Å². The second-order valence-corrected chi connectivity index (χ2v) is 3.07. The maximum Gasteiger partial charge on any atom is 0.303 e. The van der Waals surface area contributed by atoms with Crippen LogP contribution in [0.25, 0.3) is 0 Å². The molecule has 0 unspecified atom stereocenters. The van der Waals surface area contributed by atoms with E-state index in [2.05, 4.69) is 13.8 Å². The van der Waals surface area contributed by atoms with Crippen molar-refractivity contribution in [2.45, 2.75) is 52.4 Å². The summed E-state index contributed by atoms with van der Waals surface area (Å²) >= 11 is 0. The van der Waals surface area contributed by atoms with Crippen LogP contribution in [0.3, 0.4) is 0 Å². The fourth-order valence-electron chi connectivity index (χ4n) is 0.767. The molecule has 0 fully saturated rings. The maximum atomic E-state index is 10.0. The predicted octanol–water partition coefficient (Wildman–Crippen LogP) is 1.92. The Kier molecular flexibility index (Phi) is 13.1. The number of hydrogen-bond acceptors (Lipinski definition) is 2. The highest BCUT2D eigenvalue weighted by Gasteiger charge is 1.98. The van der Waals surface area contributed by atoms with E-state index in [-0.39, 0.29) is 12.8 Å². The number of aliphatic carboxylic acids is 1. The first-order valence-electron chi connectivity index (χ1n) is 5.04. The van der Waals surface area contributed by atoms with Gasteiger partial charge in [-0.3, -0.25) is 9.59 Å². The SMILES string of the molecule is CCCCC.NC(=O)CCCC(=O)O. The first-order chi connectivity index (χ1) is 6.54. The zero-order chi connectivity index (χ0) is 11.4. The number of rotatable bonds is 6. The summed E-state index contributed by atoms with van der Waals surface area (Å²) in [6.07, 6.45) is 4.59. The molecule has 4 nitrogen and oxygen atoms in total. The molecular weight excluding hydrogens is 182 g/mol. The van der Waals surface area contributed by atoms with Crippen LogP contribution in [0.2, 0.25) is 0 Å². The van der Waals surface area contributed by atoms with Crippen molar-refractivity contribution in [2.75, 3.05) is 0 Å². The number of nitrogens with two attached hydrogens (primary N) is 1. The molecule has 4 heteroatoms. The number of primary amides is 1. The average Bonchev–Trinajstić information content (AvgIpc) is 2.05. The van der Waals surface area contributed by atoms with Crippen molar-refractivity contribution in [1.82, 2.24) is 0 Å². The van der Waals surface area contributed by atoms with E-state index < -0.39 is 11.9 Å². The molecule has 0 aliphatic carbocycles. The van der Waals surface area contributed by atoms with Crippen LogP contribution >= 0.6 is 0 Å². The van der Waals surface area contributed by atoms with Gasteiger partial charge in [0, 0.05) is 12.8 Å². The third-order valence-electron chi connectivity index (χ3n) is 1.52. The van der Waals surface area contributed by atoms with E-state index in [0.717, 1.165) is 0 Å². The third-order valence-corrected chi connectivity index (χ3v) is 1.52. The zero-order valence-electron chi connectivity index (χ0n) is 9.08. The molecule has 0 saturated heterocycles. The Morgan fingerprint density at radius 1 is 1.07 bits per heavy atom. The second kappa shape index (κ2) is 11.9. The molecule has 0 aromatic rings. The van der Waals surface area contributed by atoms with Gasteiger partial charge in [-0.25, -0.2) is 0 Å². The van der Waals surface area contributed by atoms with Gasteiger partial charge in [0.15, 0.2) is 0 Å². The van der Waals surface area contributed by atoms with Gasteiger partial charge in [0.1, 0.15) is 0 Å². The smallest absolute Gasteiger partial charge is 0.303 e. The van der Waals surface area contributed by atoms with E-state index in [1.165, 1.54) is 19.3 Å². The summed E-state index contributed by atoms with van der Waals surface area (Å²) in [4.78, 5) is 19.8. The third kappa shape index (κ3) is 22.4. The summed E-state index contributed by atoms with van der Waals surface area (Å²) < 4.78 is 0. The monoisotopic (exact) mass is 203 g/mol. The highest BCUT2D eigenvalue weighted by atomic mass is 16.4. The van der Waals surface area contributed by atoms with E-state index in [0.29, 0.717) is 6.42 Å². The molecule has 0 aliphatic rings. The minimum absolute atomic E-state index is 0.0168. The van der Waals surface area contributed by atoms with E-state index in [1.54, 1.807) is 0 Å². The summed E-state index contributed by atoms with van der Waals surface area (Å²) in [5, 5.41) is 8.07. The Morgan fingerprint density at radius 2 is 1.57 bits per heavy atom. The van der Waals surface area contributed by atoms with Gasteiger partial charge in [0.05, 0.1) is 0 Å². The van der Waals surface area contributed by atoms with E-state index in [4.69, 9.17) is 10.8 Å². The fourth-order valence-corrected chi connectivity index (χ4v) is 0.767. The van der Waals surface area contributed by atoms with Crippen LogP contribution in [0.1, 0.15) is 52.4 Å². The molecular formula is C10H21NO3. The lowest BCUT2D eigenvalue weighted by Crippen LogP contribution is -2.10. The van der Waals surface area contributed by atoms with Gasteiger partial charge in [-0.05, 0) is 6.42 Å². The van der Waals surface area contributed by atoms with Gasteiger partial charge >= 0.3 is 5.97 Å². The van der Waals surface area contributed by atoms with Crippen molar-refractivity contribution in [3.63, 3.8) is 0 Å². The second-order valence-electron chi connectivity index (χ2n) is 3.07. The summed E-state index contributed by atoms with van der Waals surface area (Å²) in [7, 11) is 0. The van der Waals surface area contributed by atoms with Crippen LogP contribution in [0.5, 0.6) is 0 Å². The van der Waals surface area contributed by atoms with Crippen molar-refractivity contribution < 1.29 is 14.7 Å². The minimum Gasteiger partial charge on any atom is -0.481 e. The van der Waals surface area contributed by atoms with Gasteiger partial charge in [0.25, 0.3) is 0 Å². The summed E-state index contributed by atoms with van der Waals surface area (Å²) in [5.74, 6) is -1.34. The first-order valence-corrected chi connectivity index (χ1v) is 5.04. The van der Waals surface area contributed by atoms with Crippen LogP contribution in [-0.4, -0.2) is 17.0 Å². The van der Waals surface area contributed by atoms with Crippen LogP contribution in [0, 0.1) is 0 Å². The molecule has 3 N–H and O–H groups in total. The highest BCUT2D eigenvalue weighted by Crippen LogP contribution is 1.92. The zero-order valence-corrected chi connectivity index (χ0v) is 9.08. The van der Waals surface area contributed by atoms with E-state index in [9.17, 15) is 9.59 Å². The van der Waals surface area contributed by atoms with Crippen molar-refractivity contribution >= 4 is 11.9 Å². The summed E-state index contributed by atoms with van der Waals surface area (Å²) in [6, 6.07) is 0. The molecule has 0 heterocycles. The molecule has 0 atom stereocenters. The molecule has 0 aromatic heterocycles. The molecule has 1 amide bonds. The van der Waals surface area contributed by atoms with Crippen molar-refractivity contribution in [3.05, 3.63) is 0 Å². The van der Waals surface area contributed by atoms with Gasteiger partial charge < -0.3 is 10.8 Å². The van der Waals surface area contributed by atoms with Gasteiger partial charge in [0.2, 0.25) is 5.91 Å². The van der Waals surface area contributed by atoms with Gasteiger partial charge in [-0.2, -0.15) is 0 Å². The van der Waals surface area contributed by atoms with Gasteiger partial charge in [-0.1, -0.05) is 33.1 Å². The Labute approximate surface area is 85.5 Å². The Hall–Kier alpha value is -1.06. The minimum atomic E-state index is -0.892. The quantitative estimate of drug-likeness (QED) is 0.692. The molecule has 0 rings (SSSR count). The molecule has 0 radical (unpaired) electrons. The molecule has 0 bridgehead atoms. The Morgan fingerprint density at radius 3 is 1.79 bits per heavy atom. The molecule has 0 spiro atoms. The number of hydrogen-bond donors (Lipinski definition) is 2. The summed E-state index contributed by atoms with van der Waals surface area (Å²) in [6.45, 7) is 4.42. The van der Waals surface area contributed by atoms with Crippen molar-refractivity contribution in [2.24, 2.45) is 5.73 Å². The lowest BCUT2D eigenvalue weighted by atomic mass is 10.2. The maximum absolute atomic E-state index is 10.0. The Balaban J connectivity index is 0. The average molecular weight is 203 g/mol. The number of unbranched alkanes of at least 4 members (excludes halogenated alkanes) is 2. The predicted molar refractivity (Wildman–Crippen MR) is 55.9 cm³/mol. The molecule has 0 saturated carbocycles. The number of carboxylic acids is 1. The number of carbonyl (C=O) groups excluding carboxylic acids is 1. The van der Waals surface area contributed by atoms with Gasteiger partial charge in [-0.15, -0.1) is 0 Å². The Bertz CT molecular complexity index is 141. The van der Waals surface area contributed by atoms with Crippen LogP contribution in [0.15, 0.2) is 0 Å². The largest absolute Gasteiger partial charge is 0.481 e. The molecule has 14 heavy (non-hydrogen) atoms. The van der Waals surface area contributed by atoms with Crippen molar-refractivity contribution in [1.29, 1.82) is 0 Å². The lowest BCUT2D eigenvalue weighted by molar-refractivity contribution is -0.137. The van der Waals surface area contributed by atoms with E-state index in [1.807, 2.05) is 0 Å². The lowest BCUT2D eigenvalue weighted by Gasteiger charge is -1.89. The summed E-state index contributed by atoms with van der Waals surface area (Å²) in [5.41, 5.74) is 4.75. The fraction of sp³-hybridized carbons (Fsp3) is 0.800. The van der Waals surface area contributed by atoms with E-state index >= 15 is 0 Å². The van der Waals surface area contributed by atoms with Crippen LogP contribution in [0.4, 0.5) is 0 Å². The molecule has 0 aliphatic heterocycles. The van der Waals surface area contributed by atoms with Crippen molar-refractivity contribution in [3.8, 4) is 0 Å². The first kappa shape index (κ1) is 15.4. The topological polar surface area (TPSA) is 80.4 Å². The van der Waals surface area contributed by atoms with Crippen LogP contribution < -0.4 is 5.73 Å². The molecule has 0 aromatic carbocycles. The molecule has 84 valence electrons. The normalized spacial score (nSPS) is 8.71.